The second-order valence-corrected chi connectivity index (χ2v) is 2.74. The van der Waals surface area contributed by atoms with Gasteiger partial charge in [-0.15, -0.1) is 12.4 Å². The van der Waals surface area contributed by atoms with E-state index in [2.05, 4.69) is 21.1 Å². The summed E-state index contributed by atoms with van der Waals surface area (Å²) in [7, 11) is 6.16. The van der Waals surface area contributed by atoms with Crippen molar-refractivity contribution in [2.24, 2.45) is 0 Å². The molecule has 0 aromatic heterocycles. The van der Waals surface area contributed by atoms with Crippen LogP contribution in [0.15, 0.2) is 0 Å². The van der Waals surface area contributed by atoms with Gasteiger partial charge in [0.25, 0.3) is 0 Å². The largest absolute Gasteiger partial charge is 1.00 e. The van der Waals surface area contributed by atoms with E-state index in [1.807, 2.05) is 0 Å². The summed E-state index contributed by atoms with van der Waals surface area (Å²) in [6.45, 7) is 1.11. The number of hydrogen-bond donors (Lipinski definition) is 1. The van der Waals surface area contributed by atoms with Crippen molar-refractivity contribution in [3.8, 4) is 0 Å². The van der Waals surface area contributed by atoms with E-state index in [1.54, 1.807) is 0 Å². The molecule has 0 aliphatic heterocycles. The SMILES string of the molecule is C[N+](C)(C)CCO.Cl.[H-].[H-].[Na+].[Na+]. The molecule has 0 rings (SSSR count). The maximum absolute atomic E-state index is 8.39. The molecular weight excluding hydrogens is 171 g/mol. The summed E-state index contributed by atoms with van der Waals surface area (Å²) in [6.07, 6.45) is 0. The van der Waals surface area contributed by atoms with Crippen LogP contribution in [-0.2, 0) is 0 Å². The Kier molecular flexibility index (Phi) is 25.5. The fraction of sp³-hybridized carbons (Fsp3) is 1.00. The van der Waals surface area contributed by atoms with E-state index in [4.69, 9.17) is 5.11 Å². The molecule has 0 fully saturated rings. The minimum atomic E-state index is 0. The standard InChI is InChI=1S/C5H14NO.ClH.2Na.2H/c1-6(2,3)4-5-7;;;;;/h7H,4-5H2,1-3H3;1H;;;;/q+1;;2*+1;2*-1. The Bertz CT molecular complexity index is 65.9. The van der Waals surface area contributed by atoms with Gasteiger partial charge in [-0.2, -0.15) is 0 Å². The average molecular weight is 189 g/mol. The molecule has 0 unspecified atom stereocenters. The zero-order valence-electron chi connectivity index (χ0n) is 9.72. The van der Waals surface area contributed by atoms with Gasteiger partial charge in [0.15, 0.2) is 0 Å². The van der Waals surface area contributed by atoms with Gasteiger partial charge in [-0.1, -0.05) is 0 Å². The molecule has 10 heavy (non-hydrogen) atoms. The van der Waals surface area contributed by atoms with E-state index in [1.165, 1.54) is 0 Å². The molecule has 0 heterocycles. The zero-order valence-corrected chi connectivity index (χ0v) is 12.5. The first-order valence-corrected chi connectivity index (χ1v) is 2.47. The van der Waals surface area contributed by atoms with Crippen LogP contribution in [0.25, 0.3) is 0 Å². The van der Waals surface area contributed by atoms with Gasteiger partial charge in [0.1, 0.15) is 6.54 Å². The number of rotatable bonds is 2. The van der Waals surface area contributed by atoms with E-state index in [-0.39, 0.29) is 81.0 Å². The number of aliphatic hydroxyl groups excluding tert-OH is 1. The van der Waals surface area contributed by atoms with E-state index in [9.17, 15) is 0 Å². The Morgan fingerprint density at radius 1 is 1.20 bits per heavy atom. The summed E-state index contributed by atoms with van der Waals surface area (Å²) in [5.41, 5.74) is 0. The number of aliphatic hydroxyl groups is 1. The van der Waals surface area contributed by atoms with E-state index >= 15 is 0 Å². The summed E-state index contributed by atoms with van der Waals surface area (Å²) in [5.74, 6) is 0. The van der Waals surface area contributed by atoms with Gasteiger partial charge >= 0.3 is 59.1 Å². The Morgan fingerprint density at radius 3 is 1.50 bits per heavy atom. The third kappa shape index (κ3) is 22.5. The molecule has 1 N–H and O–H groups in total. The van der Waals surface area contributed by atoms with Crippen molar-refractivity contribution in [2.45, 2.75) is 0 Å². The van der Waals surface area contributed by atoms with E-state index < -0.39 is 0 Å². The number of hydrogen-bond acceptors (Lipinski definition) is 1. The van der Waals surface area contributed by atoms with Crippen molar-refractivity contribution in [2.75, 3.05) is 34.3 Å². The fourth-order valence-corrected chi connectivity index (χ4v) is 0.300. The number of nitrogens with zero attached hydrogens (tertiary/aromatic N) is 1. The van der Waals surface area contributed by atoms with Gasteiger partial charge < -0.3 is 12.4 Å². The Hall–Kier alpha value is 2.21. The van der Waals surface area contributed by atoms with Crippen LogP contribution < -0.4 is 59.1 Å². The van der Waals surface area contributed by atoms with Gasteiger partial charge in [-0.25, -0.2) is 0 Å². The van der Waals surface area contributed by atoms with Crippen LogP contribution in [0.4, 0.5) is 0 Å². The normalized spacial score (nSPS) is 8.40. The molecule has 0 amide bonds. The van der Waals surface area contributed by atoms with Crippen LogP contribution in [0.3, 0.4) is 0 Å². The smallest absolute Gasteiger partial charge is 1.00 e. The van der Waals surface area contributed by atoms with Gasteiger partial charge in [-0.3, -0.25) is 0 Å². The van der Waals surface area contributed by atoms with Crippen molar-refractivity contribution in [3.05, 3.63) is 0 Å². The summed E-state index contributed by atoms with van der Waals surface area (Å²) in [4.78, 5) is 0. The number of quaternary nitrogens is 1. The molecule has 0 saturated carbocycles. The van der Waals surface area contributed by atoms with Crippen molar-refractivity contribution in [3.63, 3.8) is 0 Å². The zero-order chi connectivity index (χ0) is 5.91. The first kappa shape index (κ1) is 22.8. The van der Waals surface area contributed by atoms with Gasteiger partial charge in [0, 0.05) is 0 Å². The number of likely N-dealkylation sites (N-methyl/N-ethyl adjacent to an activating group) is 1. The van der Waals surface area contributed by atoms with Crippen LogP contribution in [-0.4, -0.2) is 43.9 Å². The van der Waals surface area contributed by atoms with E-state index in [0.29, 0.717) is 0 Å². The predicted molar refractivity (Wildman–Crippen MR) is 39.5 cm³/mol. The third-order valence-corrected chi connectivity index (χ3v) is 0.771. The number of halogens is 1. The molecule has 0 spiro atoms. The predicted octanol–water partition coefficient (Wildman–Crippen LogP) is -5.66. The molecule has 2 nitrogen and oxygen atoms in total. The van der Waals surface area contributed by atoms with Crippen molar-refractivity contribution < 1.29 is 71.6 Å². The molecule has 56 valence electrons. The molecule has 0 radical (unpaired) electrons. The van der Waals surface area contributed by atoms with Gasteiger partial charge in [0.2, 0.25) is 0 Å². The van der Waals surface area contributed by atoms with Gasteiger partial charge in [0.05, 0.1) is 27.7 Å². The first-order valence-electron chi connectivity index (χ1n) is 2.47. The fourth-order valence-electron chi connectivity index (χ4n) is 0.300. The van der Waals surface area contributed by atoms with Crippen molar-refractivity contribution in [1.82, 2.24) is 0 Å². The second-order valence-electron chi connectivity index (χ2n) is 2.74. The topological polar surface area (TPSA) is 20.2 Å². The minimum Gasteiger partial charge on any atom is -1.00 e. The average Bonchev–Trinajstić information content (AvgIpc) is 1.30. The first-order chi connectivity index (χ1) is 3.06. The Balaban J connectivity index is -0.0000000180. The molecule has 0 atom stereocenters. The molecule has 5 heteroatoms. The summed E-state index contributed by atoms with van der Waals surface area (Å²) < 4.78 is 0.844. The van der Waals surface area contributed by atoms with Crippen molar-refractivity contribution in [1.29, 1.82) is 0 Å². The monoisotopic (exact) mass is 188 g/mol. The summed E-state index contributed by atoms with van der Waals surface area (Å²) in [6, 6.07) is 0. The molecule has 0 aromatic rings. The summed E-state index contributed by atoms with van der Waals surface area (Å²) in [5, 5.41) is 8.39. The molecule has 0 aliphatic rings. The van der Waals surface area contributed by atoms with Crippen LogP contribution in [0.1, 0.15) is 2.85 Å². The van der Waals surface area contributed by atoms with Crippen LogP contribution in [0, 0.1) is 0 Å². The second kappa shape index (κ2) is 11.2. The van der Waals surface area contributed by atoms with Crippen molar-refractivity contribution >= 4 is 12.4 Å². The quantitative estimate of drug-likeness (QED) is 0.339. The molecular formula is C5H17ClNNa2O+. The van der Waals surface area contributed by atoms with Crippen LogP contribution in [0.2, 0.25) is 0 Å². The Labute approximate surface area is 117 Å². The molecule has 0 aliphatic carbocycles. The summed E-state index contributed by atoms with van der Waals surface area (Å²) >= 11 is 0. The molecule has 0 bridgehead atoms. The maximum Gasteiger partial charge on any atom is 1.00 e. The van der Waals surface area contributed by atoms with Gasteiger partial charge in [-0.05, 0) is 0 Å². The Morgan fingerprint density at radius 2 is 1.50 bits per heavy atom. The van der Waals surface area contributed by atoms with E-state index in [0.717, 1.165) is 11.0 Å². The van der Waals surface area contributed by atoms with Crippen LogP contribution in [0.5, 0.6) is 0 Å². The maximum atomic E-state index is 8.39. The van der Waals surface area contributed by atoms with Crippen LogP contribution >= 0.6 is 12.4 Å². The molecule has 0 saturated heterocycles. The third-order valence-electron chi connectivity index (χ3n) is 0.771. The molecule has 0 aromatic carbocycles. The minimum absolute atomic E-state index is 0.